The van der Waals surface area contributed by atoms with E-state index in [4.69, 9.17) is 16.3 Å². The number of hydrogen-bond donors (Lipinski definition) is 0. The van der Waals surface area contributed by atoms with Gasteiger partial charge in [-0.25, -0.2) is 0 Å². The number of halogens is 1. The Kier molecular flexibility index (Phi) is 9.84. The highest BCUT2D eigenvalue weighted by Gasteiger charge is 1.95. The lowest BCUT2D eigenvalue weighted by atomic mass is 10.1. The molecular formula is C17H27ClO. The van der Waals surface area contributed by atoms with Crippen LogP contribution in [0.3, 0.4) is 0 Å². The molecule has 0 saturated heterocycles. The fourth-order valence-electron chi connectivity index (χ4n) is 2.09. The van der Waals surface area contributed by atoms with Gasteiger partial charge in [-0.3, -0.25) is 0 Å². The fraction of sp³-hybridized carbons (Fsp3) is 0.647. The van der Waals surface area contributed by atoms with Crippen LogP contribution in [0.15, 0.2) is 24.3 Å². The Morgan fingerprint density at radius 2 is 1.47 bits per heavy atom. The molecule has 0 radical (unpaired) electrons. The van der Waals surface area contributed by atoms with Gasteiger partial charge in [0.1, 0.15) is 0 Å². The van der Waals surface area contributed by atoms with Crippen molar-refractivity contribution in [3.8, 4) is 0 Å². The first kappa shape index (κ1) is 16.5. The molecule has 0 aliphatic carbocycles. The van der Waals surface area contributed by atoms with Crippen molar-refractivity contribution in [1.82, 2.24) is 0 Å². The molecule has 0 N–H and O–H groups in total. The van der Waals surface area contributed by atoms with Crippen LogP contribution in [0, 0.1) is 0 Å². The Hall–Kier alpha value is -0.530. The smallest absolute Gasteiger partial charge is 0.0466 e. The van der Waals surface area contributed by atoms with Gasteiger partial charge in [0, 0.05) is 18.2 Å². The Morgan fingerprint density at radius 1 is 0.842 bits per heavy atom. The molecule has 0 atom stereocenters. The van der Waals surface area contributed by atoms with Crippen LogP contribution in [0.1, 0.15) is 57.4 Å². The summed E-state index contributed by atoms with van der Waals surface area (Å²) in [4.78, 5) is 0. The second kappa shape index (κ2) is 11.3. The number of aryl methyl sites for hydroxylation is 1. The second-order valence-corrected chi connectivity index (χ2v) is 5.55. The van der Waals surface area contributed by atoms with Gasteiger partial charge in [0.25, 0.3) is 0 Å². The highest BCUT2D eigenvalue weighted by molar-refractivity contribution is 6.30. The van der Waals surface area contributed by atoms with Crippen molar-refractivity contribution >= 4 is 11.6 Å². The SMILES string of the molecule is CCCCCCOCCCCCc1ccc(Cl)cc1. The van der Waals surface area contributed by atoms with Crippen molar-refractivity contribution in [1.29, 1.82) is 0 Å². The van der Waals surface area contributed by atoms with Gasteiger partial charge in [-0.05, 0) is 43.4 Å². The summed E-state index contributed by atoms with van der Waals surface area (Å²) in [5, 5.41) is 0.820. The standard InChI is InChI=1S/C17H27ClO/c1-2-3-4-7-14-19-15-8-5-6-9-16-10-12-17(18)13-11-16/h10-13H,2-9,14-15H2,1H3. The topological polar surface area (TPSA) is 9.23 Å². The number of ether oxygens (including phenoxy) is 1. The van der Waals surface area contributed by atoms with Crippen LogP contribution in [0.2, 0.25) is 5.02 Å². The van der Waals surface area contributed by atoms with Crippen molar-refractivity contribution in [2.75, 3.05) is 13.2 Å². The first-order chi connectivity index (χ1) is 9.33. The Balaban J connectivity index is 1.87. The summed E-state index contributed by atoms with van der Waals surface area (Å²) >= 11 is 5.86. The Bertz CT molecular complexity index is 308. The minimum Gasteiger partial charge on any atom is -0.381 e. The van der Waals surface area contributed by atoms with Gasteiger partial charge in [0.15, 0.2) is 0 Å². The van der Waals surface area contributed by atoms with Gasteiger partial charge >= 0.3 is 0 Å². The first-order valence-electron chi connectivity index (χ1n) is 7.65. The van der Waals surface area contributed by atoms with E-state index < -0.39 is 0 Å². The monoisotopic (exact) mass is 282 g/mol. The molecule has 0 bridgehead atoms. The molecule has 0 aromatic heterocycles. The van der Waals surface area contributed by atoms with Crippen molar-refractivity contribution in [3.05, 3.63) is 34.9 Å². The summed E-state index contributed by atoms with van der Waals surface area (Å²) < 4.78 is 5.63. The predicted octanol–water partition coefficient (Wildman–Crippen LogP) is 5.65. The third-order valence-electron chi connectivity index (χ3n) is 3.31. The van der Waals surface area contributed by atoms with Crippen molar-refractivity contribution < 1.29 is 4.74 Å². The van der Waals surface area contributed by atoms with Crippen LogP contribution < -0.4 is 0 Å². The molecule has 2 heteroatoms. The zero-order chi connectivity index (χ0) is 13.8. The normalized spacial score (nSPS) is 10.8. The van der Waals surface area contributed by atoms with Crippen LogP contribution in [-0.2, 0) is 11.2 Å². The van der Waals surface area contributed by atoms with Crippen molar-refractivity contribution in [3.63, 3.8) is 0 Å². The lowest BCUT2D eigenvalue weighted by Crippen LogP contribution is -1.97. The molecule has 1 aromatic carbocycles. The number of unbranched alkanes of at least 4 members (excludes halogenated alkanes) is 5. The maximum absolute atomic E-state index is 5.86. The minimum atomic E-state index is 0.820. The van der Waals surface area contributed by atoms with Crippen LogP contribution in [0.25, 0.3) is 0 Å². The van der Waals surface area contributed by atoms with E-state index in [1.165, 1.54) is 50.5 Å². The maximum atomic E-state index is 5.86. The van der Waals surface area contributed by atoms with Crippen LogP contribution in [0.5, 0.6) is 0 Å². The fourth-order valence-corrected chi connectivity index (χ4v) is 2.22. The molecule has 0 unspecified atom stereocenters. The van der Waals surface area contributed by atoms with E-state index in [-0.39, 0.29) is 0 Å². The van der Waals surface area contributed by atoms with E-state index in [0.29, 0.717) is 0 Å². The largest absolute Gasteiger partial charge is 0.381 e. The number of hydrogen-bond acceptors (Lipinski definition) is 1. The molecule has 0 spiro atoms. The lowest BCUT2D eigenvalue weighted by Gasteiger charge is -2.04. The zero-order valence-corrected chi connectivity index (χ0v) is 12.9. The highest BCUT2D eigenvalue weighted by atomic mass is 35.5. The maximum Gasteiger partial charge on any atom is 0.0466 e. The van der Waals surface area contributed by atoms with E-state index in [0.717, 1.165) is 24.7 Å². The van der Waals surface area contributed by atoms with Gasteiger partial charge in [-0.15, -0.1) is 0 Å². The van der Waals surface area contributed by atoms with Gasteiger partial charge in [-0.1, -0.05) is 56.3 Å². The van der Waals surface area contributed by atoms with Crippen LogP contribution in [-0.4, -0.2) is 13.2 Å². The van der Waals surface area contributed by atoms with Gasteiger partial charge in [0.05, 0.1) is 0 Å². The molecule has 0 aliphatic rings. The average Bonchev–Trinajstić information content (AvgIpc) is 2.43. The molecular weight excluding hydrogens is 256 g/mol. The quantitative estimate of drug-likeness (QED) is 0.477. The predicted molar refractivity (Wildman–Crippen MR) is 84.0 cm³/mol. The van der Waals surface area contributed by atoms with E-state index in [9.17, 15) is 0 Å². The van der Waals surface area contributed by atoms with E-state index in [1.807, 2.05) is 12.1 Å². The first-order valence-corrected chi connectivity index (χ1v) is 8.03. The lowest BCUT2D eigenvalue weighted by molar-refractivity contribution is 0.126. The second-order valence-electron chi connectivity index (χ2n) is 5.11. The van der Waals surface area contributed by atoms with Gasteiger partial charge < -0.3 is 4.74 Å². The molecule has 0 saturated carbocycles. The van der Waals surface area contributed by atoms with E-state index in [2.05, 4.69) is 19.1 Å². The summed E-state index contributed by atoms with van der Waals surface area (Å²) in [6.07, 6.45) is 9.98. The third kappa shape index (κ3) is 9.07. The summed E-state index contributed by atoms with van der Waals surface area (Å²) in [5.74, 6) is 0. The summed E-state index contributed by atoms with van der Waals surface area (Å²) in [7, 11) is 0. The molecule has 1 aromatic rings. The van der Waals surface area contributed by atoms with Crippen molar-refractivity contribution in [2.24, 2.45) is 0 Å². The Labute approximate surface area is 123 Å². The third-order valence-corrected chi connectivity index (χ3v) is 3.56. The van der Waals surface area contributed by atoms with E-state index >= 15 is 0 Å². The summed E-state index contributed by atoms with van der Waals surface area (Å²) in [6, 6.07) is 8.17. The van der Waals surface area contributed by atoms with Gasteiger partial charge in [-0.2, -0.15) is 0 Å². The average molecular weight is 283 g/mol. The number of rotatable bonds is 11. The van der Waals surface area contributed by atoms with E-state index in [1.54, 1.807) is 0 Å². The zero-order valence-electron chi connectivity index (χ0n) is 12.2. The number of benzene rings is 1. The molecule has 1 nitrogen and oxygen atoms in total. The minimum absolute atomic E-state index is 0.820. The van der Waals surface area contributed by atoms with Crippen LogP contribution in [0.4, 0.5) is 0 Å². The van der Waals surface area contributed by atoms with Crippen LogP contribution >= 0.6 is 11.6 Å². The highest BCUT2D eigenvalue weighted by Crippen LogP contribution is 2.12. The molecule has 0 fully saturated rings. The van der Waals surface area contributed by atoms with Gasteiger partial charge in [0.2, 0.25) is 0 Å². The Morgan fingerprint density at radius 3 is 2.11 bits per heavy atom. The molecule has 19 heavy (non-hydrogen) atoms. The summed E-state index contributed by atoms with van der Waals surface area (Å²) in [6.45, 7) is 4.10. The molecule has 0 aliphatic heterocycles. The molecule has 108 valence electrons. The molecule has 0 heterocycles. The van der Waals surface area contributed by atoms with Crippen molar-refractivity contribution in [2.45, 2.75) is 58.3 Å². The molecule has 1 rings (SSSR count). The molecule has 0 amide bonds. The summed E-state index contributed by atoms with van der Waals surface area (Å²) in [5.41, 5.74) is 1.38.